The second kappa shape index (κ2) is 6.50. The fourth-order valence-electron chi connectivity index (χ4n) is 1.94. The minimum Gasteiger partial charge on any atom is -0.497 e. The third-order valence-corrected chi connectivity index (χ3v) is 3.25. The van der Waals surface area contributed by atoms with Crippen LogP contribution in [0.3, 0.4) is 0 Å². The van der Waals surface area contributed by atoms with Crippen LogP contribution in [0.15, 0.2) is 52.9 Å². The molecule has 0 aliphatic rings. The van der Waals surface area contributed by atoms with E-state index >= 15 is 0 Å². The van der Waals surface area contributed by atoms with Crippen molar-refractivity contribution in [3.05, 3.63) is 59.4 Å². The molecular formula is C16H12ClN3O3. The van der Waals surface area contributed by atoms with Crippen LogP contribution in [0.4, 0.5) is 5.69 Å². The number of rotatable bonds is 4. The molecule has 0 aliphatic heterocycles. The summed E-state index contributed by atoms with van der Waals surface area (Å²) in [5.74, 6) is 0.220. The molecule has 2 aromatic carbocycles. The number of nitrogens with one attached hydrogen (secondary N) is 1. The highest BCUT2D eigenvalue weighted by atomic mass is 35.5. The van der Waals surface area contributed by atoms with E-state index in [0.717, 1.165) is 0 Å². The standard InChI is InChI=1S/C16H12ClN3O3/c1-22-13-7-3-6-12(9-13)18-14(21)16-20-19-15(23-16)10-4-2-5-11(17)8-10/h2-9H,1H3,(H,18,21). The Hall–Kier alpha value is -2.86. The lowest BCUT2D eigenvalue weighted by Crippen LogP contribution is -2.12. The Bertz CT molecular complexity index is 848. The van der Waals surface area contributed by atoms with E-state index < -0.39 is 5.91 Å². The molecule has 116 valence electrons. The summed E-state index contributed by atoms with van der Waals surface area (Å²) in [7, 11) is 1.55. The molecule has 0 bridgehead atoms. The molecule has 1 amide bonds. The van der Waals surface area contributed by atoms with Crippen LogP contribution in [0.2, 0.25) is 5.02 Å². The number of hydrogen-bond donors (Lipinski definition) is 1. The molecule has 1 N–H and O–H groups in total. The molecule has 1 aromatic heterocycles. The van der Waals surface area contributed by atoms with Gasteiger partial charge in [0.2, 0.25) is 5.89 Å². The number of anilines is 1. The smallest absolute Gasteiger partial charge is 0.313 e. The van der Waals surface area contributed by atoms with Crippen molar-refractivity contribution in [1.29, 1.82) is 0 Å². The molecule has 7 heteroatoms. The van der Waals surface area contributed by atoms with Crippen LogP contribution in [0.1, 0.15) is 10.7 Å². The van der Waals surface area contributed by atoms with Gasteiger partial charge < -0.3 is 14.5 Å². The van der Waals surface area contributed by atoms with Crippen molar-refractivity contribution in [2.24, 2.45) is 0 Å². The topological polar surface area (TPSA) is 77.2 Å². The Morgan fingerprint density at radius 1 is 1.17 bits per heavy atom. The zero-order chi connectivity index (χ0) is 16.2. The maximum absolute atomic E-state index is 12.2. The Morgan fingerprint density at radius 2 is 2.00 bits per heavy atom. The molecule has 0 aliphatic carbocycles. The molecule has 0 unspecified atom stereocenters. The van der Waals surface area contributed by atoms with Gasteiger partial charge in [-0.2, -0.15) is 0 Å². The Balaban J connectivity index is 1.78. The number of ether oxygens (including phenoxy) is 1. The fourth-order valence-corrected chi connectivity index (χ4v) is 2.13. The van der Waals surface area contributed by atoms with Gasteiger partial charge in [-0.25, -0.2) is 0 Å². The van der Waals surface area contributed by atoms with Crippen molar-refractivity contribution in [1.82, 2.24) is 10.2 Å². The summed E-state index contributed by atoms with van der Waals surface area (Å²) < 4.78 is 10.5. The van der Waals surface area contributed by atoms with Gasteiger partial charge in [0.1, 0.15) is 5.75 Å². The molecule has 0 saturated carbocycles. The maximum atomic E-state index is 12.2. The third-order valence-electron chi connectivity index (χ3n) is 3.02. The molecular weight excluding hydrogens is 318 g/mol. The van der Waals surface area contributed by atoms with Crippen LogP contribution < -0.4 is 10.1 Å². The van der Waals surface area contributed by atoms with Gasteiger partial charge in [0.05, 0.1) is 7.11 Å². The second-order valence-electron chi connectivity index (χ2n) is 4.61. The lowest BCUT2D eigenvalue weighted by molar-refractivity contribution is 0.0991. The van der Waals surface area contributed by atoms with Crippen molar-refractivity contribution in [3.63, 3.8) is 0 Å². The van der Waals surface area contributed by atoms with E-state index in [9.17, 15) is 4.79 Å². The number of halogens is 1. The van der Waals surface area contributed by atoms with E-state index in [1.807, 2.05) is 0 Å². The zero-order valence-electron chi connectivity index (χ0n) is 12.1. The van der Waals surface area contributed by atoms with Crippen LogP contribution in [0.25, 0.3) is 11.5 Å². The summed E-state index contributed by atoms with van der Waals surface area (Å²) in [6, 6.07) is 13.9. The first-order valence-corrected chi connectivity index (χ1v) is 7.08. The summed E-state index contributed by atoms with van der Waals surface area (Å²) in [5.41, 5.74) is 1.21. The van der Waals surface area contributed by atoms with Gasteiger partial charge >= 0.3 is 11.8 Å². The number of nitrogens with zero attached hydrogens (tertiary/aromatic N) is 2. The average molecular weight is 330 g/mol. The highest BCUT2D eigenvalue weighted by Gasteiger charge is 2.16. The summed E-state index contributed by atoms with van der Waals surface area (Å²) in [4.78, 5) is 12.2. The summed E-state index contributed by atoms with van der Waals surface area (Å²) in [5, 5.41) is 10.8. The quantitative estimate of drug-likeness (QED) is 0.790. The molecule has 0 spiro atoms. The van der Waals surface area contributed by atoms with E-state index in [1.54, 1.807) is 55.6 Å². The first-order valence-electron chi connectivity index (χ1n) is 6.70. The molecule has 0 fully saturated rings. The van der Waals surface area contributed by atoms with Gasteiger partial charge in [-0.05, 0) is 30.3 Å². The van der Waals surface area contributed by atoms with Crippen LogP contribution in [0.5, 0.6) is 5.75 Å². The number of carbonyl (C=O) groups is 1. The van der Waals surface area contributed by atoms with E-state index in [1.165, 1.54) is 0 Å². The summed E-state index contributed by atoms with van der Waals surface area (Å²) >= 11 is 5.92. The van der Waals surface area contributed by atoms with Crippen LogP contribution in [-0.2, 0) is 0 Å². The average Bonchev–Trinajstić information content (AvgIpc) is 3.05. The first kappa shape index (κ1) is 15.1. The molecule has 0 saturated heterocycles. The van der Waals surface area contributed by atoms with Gasteiger partial charge in [0.15, 0.2) is 0 Å². The lowest BCUT2D eigenvalue weighted by atomic mass is 10.2. The predicted octanol–water partition coefficient (Wildman–Crippen LogP) is 3.65. The predicted molar refractivity (Wildman–Crippen MR) is 85.7 cm³/mol. The third kappa shape index (κ3) is 3.49. The first-order chi connectivity index (χ1) is 11.2. The number of amides is 1. The maximum Gasteiger partial charge on any atom is 0.313 e. The second-order valence-corrected chi connectivity index (χ2v) is 5.05. The molecule has 0 radical (unpaired) electrons. The van der Waals surface area contributed by atoms with Crippen molar-refractivity contribution in [2.75, 3.05) is 12.4 Å². The highest BCUT2D eigenvalue weighted by molar-refractivity contribution is 6.30. The van der Waals surface area contributed by atoms with Gasteiger partial charge in [-0.1, -0.05) is 23.7 Å². The molecule has 3 rings (SSSR count). The van der Waals surface area contributed by atoms with Gasteiger partial charge in [0.25, 0.3) is 0 Å². The summed E-state index contributed by atoms with van der Waals surface area (Å²) in [6.45, 7) is 0. The van der Waals surface area contributed by atoms with E-state index in [2.05, 4.69) is 15.5 Å². The van der Waals surface area contributed by atoms with Gasteiger partial charge in [0, 0.05) is 22.3 Å². The Kier molecular flexibility index (Phi) is 4.25. The Labute approximate surface area is 137 Å². The minimum absolute atomic E-state index is 0.136. The molecule has 23 heavy (non-hydrogen) atoms. The van der Waals surface area contributed by atoms with Crippen molar-refractivity contribution < 1.29 is 13.9 Å². The molecule has 3 aromatic rings. The highest BCUT2D eigenvalue weighted by Crippen LogP contribution is 2.22. The van der Waals surface area contributed by atoms with E-state index in [4.69, 9.17) is 20.8 Å². The Morgan fingerprint density at radius 3 is 2.78 bits per heavy atom. The van der Waals surface area contributed by atoms with Crippen LogP contribution >= 0.6 is 11.6 Å². The number of hydrogen-bond acceptors (Lipinski definition) is 5. The minimum atomic E-state index is -0.501. The number of aromatic nitrogens is 2. The van der Waals surface area contributed by atoms with E-state index in [-0.39, 0.29) is 11.8 Å². The summed E-state index contributed by atoms with van der Waals surface area (Å²) in [6.07, 6.45) is 0. The number of methoxy groups -OCH3 is 1. The van der Waals surface area contributed by atoms with E-state index in [0.29, 0.717) is 22.0 Å². The van der Waals surface area contributed by atoms with Crippen molar-refractivity contribution in [3.8, 4) is 17.2 Å². The molecule has 6 nitrogen and oxygen atoms in total. The van der Waals surface area contributed by atoms with Crippen LogP contribution in [0, 0.1) is 0 Å². The van der Waals surface area contributed by atoms with Crippen molar-refractivity contribution in [2.45, 2.75) is 0 Å². The monoisotopic (exact) mass is 329 g/mol. The number of benzene rings is 2. The van der Waals surface area contributed by atoms with Gasteiger partial charge in [-0.3, -0.25) is 4.79 Å². The SMILES string of the molecule is COc1cccc(NC(=O)c2nnc(-c3cccc(Cl)c3)o2)c1. The molecule has 1 heterocycles. The fraction of sp³-hybridized carbons (Fsp3) is 0.0625. The van der Waals surface area contributed by atoms with Crippen molar-refractivity contribution >= 4 is 23.2 Å². The lowest BCUT2D eigenvalue weighted by Gasteiger charge is -2.04. The largest absolute Gasteiger partial charge is 0.497 e. The van der Waals surface area contributed by atoms with Crippen LogP contribution in [-0.4, -0.2) is 23.2 Å². The molecule has 0 atom stereocenters. The van der Waals surface area contributed by atoms with Gasteiger partial charge in [-0.15, -0.1) is 10.2 Å². The normalized spacial score (nSPS) is 10.3. The zero-order valence-corrected chi connectivity index (χ0v) is 12.9. The number of carbonyl (C=O) groups excluding carboxylic acids is 1.